The fraction of sp³-hybridized carbons (Fsp3) is 0.0870. The molecule has 1 N–H and O–H groups in total. The summed E-state index contributed by atoms with van der Waals surface area (Å²) < 4.78 is 39.8. The maximum absolute atomic E-state index is 13.3. The van der Waals surface area contributed by atoms with E-state index in [1.54, 1.807) is 18.2 Å². The van der Waals surface area contributed by atoms with Crippen molar-refractivity contribution in [2.45, 2.75) is 12.7 Å². The molecule has 0 atom stereocenters. The zero-order chi connectivity index (χ0) is 25.0. The van der Waals surface area contributed by atoms with Crippen LogP contribution in [0.5, 0.6) is 0 Å². The zero-order valence-electron chi connectivity index (χ0n) is 17.8. The smallest absolute Gasteiger partial charge is 0.334 e. The summed E-state index contributed by atoms with van der Waals surface area (Å²) >= 11 is 5.68. The van der Waals surface area contributed by atoms with E-state index in [4.69, 9.17) is 11.6 Å². The number of halogens is 4. The van der Waals surface area contributed by atoms with Gasteiger partial charge in [-0.05, 0) is 35.9 Å². The van der Waals surface area contributed by atoms with Crippen molar-refractivity contribution in [2.75, 3.05) is 10.2 Å². The lowest BCUT2D eigenvalue weighted by Gasteiger charge is -2.23. The molecule has 0 unspecified atom stereocenters. The van der Waals surface area contributed by atoms with Crippen LogP contribution in [0.4, 0.5) is 42.0 Å². The van der Waals surface area contributed by atoms with Crippen molar-refractivity contribution in [1.82, 2.24) is 15.0 Å². The Morgan fingerprint density at radius 2 is 1.74 bits per heavy atom. The van der Waals surface area contributed by atoms with E-state index in [1.807, 2.05) is 30.3 Å². The number of nitrogens with one attached hydrogen (secondary N) is 1. The van der Waals surface area contributed by atoms with Crippen molar-refractivity contribution in [2.24, 2.45) is 0 Å². The van der Waals surface area contributed by atoms with Crippen LogP contribution in [0, 0.1) is 10.1 Å². The molecule has 2 heterocycles. The molecule has 0 spiro atoms. The standard InChI is InChI=1S/C23H16ClF3N6O2/c24-18-10-9-16(12-17(18)23(25,26)27)31-21-20(33(34)35)22(30-14-29-21)32(19-8-4-5-11-28-19)13-15-6-2-1-3-7-15/h1-12,14H,13H2,(H,29,30,31). The van der Waals surface area contributed by atoms with Crippen LogP contribution in [0.15, 0.2) is 79.3 Å². The minimum absolute atomic E-state index is 0.0816. The number of pyridine rings is 1. The third-order valence-corrected chi connectivity index (χ3v) is 5.21. The molecule has 0 amide bonds. The van der Waals surface area contributed by atoms with Crippen LogP contribution in [0.3, 0.4) is 0 Å². The summed E-state index contributed by atoms with van der Waals surface area (Å²) in [7, 11) is 0. The minimum Gasteiger partial charge on any atom is -0.334 e. The van der Waals surface area contributed by atoms with Crippen LogP contribution in [-0.2, 0) is 12.7 Å². The van der Waals surface area contributed by atoms with E-state index in [2.05, 4.69) is 20.3 Å². The van der Waals surface area contributed by atoms with Crippen LogP contribution in [-0.4, -0.2) is 19.9 Å². The number of nitrogens with zero attached hydrogens (tertiary/aromatic N) is 5. The van der Waals surface area contributed by atoms with Gasteiger partial charge in [-0.1, -0.05) is 48.0 Å². The van der Waals surface area contributed by atoms with Crippen LogP contribution in [0.25, 0.3) is 0 Å². The average Bonchev–Trinajstić information content (AvgIpc) is 2.84. The van der Waals surface area contributed by atoms with Gasteiger partial charge in [0, 0.05) is 11.9 Å². The highest BCUT2D eigenvalue weighted by molar-refractivity contribution is 6.31. The molecule has 35 heavy (non-hydrogen) atoms. The van der Waals surface area contributed by atoms with Crippen LogP contribution in [0.2, 0.25) is 5.02 Å². The number of alkyl halides is 3. The van der Waals surface area contributed by atoms with Crippen molar-refractivity contribution in [3.05, 3.63) is 106 Å². The molecular formula is C23H16ClF3N6O2. The second kappa shape index (κ2) is 9.94. The summed E-state index contributed by atoms with van der Waals surface area (Å²) in [6.07, 6.45) is -2.08. The van der Waals surface area contributed by atoms with Crippen LogP contribution in [0.1, 0.15) is 11.1 Å². The summed E-state index contributed by atoms with van der Waals surface area (Å²) in [6.45, 7) is 0.189. The van der Waals surface area contributed by atoms with E-state index in [0.717, 1.165) is 24.0 Å². The predicted molar refractivity (Wildman–Crippen MR) is 125 cm³/mol. The highest BCUT2D eigenvalue weighted by Crippen LogP contribution is 2.40. The molecule has 0 bridgehead atoms. The third-order valence-electron chi connectivity index (χ3n) is 4.89. The van der Waals surface area contributed by atoms with Crippen molar-refractivity contribution in [3.63, 3.8) is 0 Å². The molecule has 8 nitrogen and oxygen atoms in total. The Labute approximate surface area is 202 Å². The van der Waals surface area contributed by atoms with Gasteiger partial charge in [-0.15, -0.1) is 0 Å². The number of benzene rings is 2. The molecule has 0 aliphatic carbocycles. The average molecular weight is 501 g/mol. The van der Waals surface area contributed by atoms with E-state index in [9.17, 15) is 23.3 Å². The van der Waals surface area contributed by atoms with Crippen LogP contribution >= 0.6 is 11.6 Å². The number of rotatable bonds is 7. The summed E-state index contributed by atoms with van der Waals surface area (Å²) in [4.78, 5) is 25.3. The Morgan fingerprint density at radius 1 is 1.00 bits per heavy atom. The highest BCUT2D eigenvalue weighted by atomic mass is 35.5. The van der Waals surface area contributed by atoms with Gasteiger partial charge in [0.25, 0.3) is 0 Å². The van der Waals surface area contributed by atoms with Gasteiger partial charge in [0.05, 0.1) is 22.1 Å². The molecule has 178 valence electrons. The Balaban J connectivity index is 1.80. The van der Waals surface area contributed by atoms with Crippen molar-refractivity contribution < 1.29 is 18.1 Å². The second-order valence-corrected chi connectivity index (χ2v) is 7.64. The van der Waals surface area contributed by atoms with E-state index >= 15 is 0 Å². The summed E-state index contributed by atoms with van der Waals surface area (Å²) in [5.74, 6) is 0.0134. The first-order valence-electron chi connectivity index (χ1n) is 10.1. The minimum atomic E-state index is -4.71. The van der Waals surface area contributed by atoms with Gasteiger partial charge in [0.15, 0.2) is 0 Å². The van der Waals surface area contributed by atoms with Gasteiger partial charge in [0.1, 0.15) is 12.1 Å². The Hall–Kier alpha value is -4.25. The molecule has 0 aliphatic heterocycles. The first-order valence-corrected chi connectivity index (χ1v) is 10.5. The number of hydrogen-bond acceptors (Lipinski definition) is 7. The van der Waals surface area contributed by atoms with E-state index in [1.165, 1.54) is 17.2 Å². The highest BCUT2D eigenvalue weighted by Gasteiger charge is 2.34. The first-order chi connectivity index (χ1) is 16.7. The zero-order valence-corrected chi connectivity index (χ0v) is 18.5. The van der Waals surface area contributed by atoms with Crippen molar-refractivity contribution >= 4 is 40.4 Å². The van der Waals surface area contributed by atoms with Crippen molar-refractivity contribution in [3.8, 4) is 0 Å². The SMILES string of the molecule is O=[N+]([O-])c1c(Nc2ccc(Cl)c(C(F)(F)F)c2)ncnc1N(Cc1ccccc1)c1ccccn1. The Kier molecular flexibility index (Phi) is 6.78. The second-order valence-electron chi connectivity index (χ2n) is 7.23. The molecule has 4 rings (SSSR count). The molecule has 2 aromatic heterocycles. The molecule has 12 heteroatoms. The van der Waals surface area contributed by atoms with Gasteiger partial charge in [-0.2, -0.15) is 13.2 Å². The van der Waals surface area contributed by atoms with E-state index < -0.39 is 27.4 Å². The number of aromatic nitrogens is 3. The number of hydrogen-bond donors (Lipinski definition) is 1. The maximum atomic E-state index is 13.3. The molecule has 0 saturated heterocycles. The van der Waals surface area contributed by atoms with Gasteiger partial charge in [-0.25, -0.2) is 15.0 Å². The van der Waals surface area contributed by atoms with Gasteiger partial charge < -0.3 is 10.2 Å². The lowest BCUT2D eigenvalue weighted by Crippen LogP contribution is -2.21. The predicted octanol–water partition coefficient (Wildman–Crippen LogP) is 6.53. The molecular weight excluding hydrogens is 485 g/mol. The lowest BCUT2D eigenvalue weighted by molar-refractivity contribution is -0.383. The molecule has 0 saturated carbocycles. The Morgan fingerprint density at radius 3 is 2.40 bits per heavy atom. The van der Waals surface area contributed by atoms with E-state index in [-0.39, 0.29) is 23.9 Å². The molecule has 0 radical (unpaired) electrons. The Bertz CT molecular complexity index is 1340. The number of nitro groups is 1. The number of anilines is 4. The van der Waals surface area contributed by atoms with E-state index in [0.29, 0.717) is 5.82 Å². The van der Waals surface area contributed by atoms with Crippen molar-refractivity contribution in [1.29, 1.82) is 0 Å². The molecule has 4 aromatic rings. The fourth-order valence-electron chi connectivity index (χ4n) is 3.33. The van der Waals surface area contributed by atoms with Gasteiger partial charge in [0.2, 0.25) is 11.6 Å². The summed E-state index contributed by atoms with van der Waals surface area (Å²) in [5, 5.41) is 14.2. The van der Waals surface area contributed by atoms with Gasteiger partial charge in [-0.3, -0.25) is 10.1 Å². The molecule has 0 fully saturated rings. The summed E-state index contributed by atoms with van der Waals surface area (Å²) in [5.41, 5.74) is -0.868. The topological polar surface area (TPSA) is 97.1 Å². The maximum Gasteiger partial charge on any atom is 0.417 e. The van der Waals surface area contributed by atoms with Crippen LogP contribution < -0.4 is 10.2 Å². The molecule has 0 aliphatic rings. The first kappa shape index (κ1) is 23.9. The summed E-state index contributed by atoms with van der Waals surface area (Å²) in [6, 6.07) is 17.3. The van der Waals surface area contributed by atoms with Gasteiger partial charge >= 0.3 is 11.9 Å². The largest absolute Gasteiger partial charge is 0.417 e. The third kappa shape index (κ3) is 5.46. The normalized spacial score (nSPS) is 11.2. The fourth-order valence-corrected chi connectivity index (χ4v) is 3.55. The quantitative estimate of drug-likeness (QED) is 0.227. The molecule has 2 aromatic carbocycles. The lowest BCUT2D eigenvalue weighted by atomic mass is 10.2. The monoisotopic (exact) mass is 500 g/mol.